The molecule has 2 aromatic carbocycles. The van der Waals surface area contributed by atoms with Gasteiger partial charge in [-0.2, -0.15) is 5.26 Å². The summed E-state index contributed by atoms with van der Waals surface area (Å²) < 4.78 is 13.3. The predicted molar refractivity (Wildman–Crippen MR) is 108 cm³/mol. The van der Waals surface area contributed by atoms with Gasteiger partial charge in [-0.05, 0) is 35.4 Å². The molecule has 0 atom stereocenters. The number of nitriles is 1. The highest BCUT2D eigenvalue weighted by molar-refractivity contribution is 5.34. The van der Waals surface area contributed by atoms with Crippen molar-refractivity contribution in [3.63, 3.8) is 0 Å². The molecule has 2 N–H and O–H groups in total. The third-order valence-corrected chi connectivity index (χ3v) is 4.96. The van der Waals surface area contributed by atoms with Crippen molar-refractivity contribution in [1.29, 1.82) is 5.26 Å². The maximum absolute atomic E-state index is 13.3. The van der Waals surface area contributed by atoms with E-state index >= 15 is 0 Å². The first-order valence-electron chi connectivity index (χ1n) is 9.42. The number of halogens is 1. The van der Waals surface area contributed by atoms with E-state index in [1.165, 1.54) is 12.1 Å². The van der Waals surface area contributed by atoms with Crippen molar-refractivity contribution < 1.29 is 4.39 Å². The summed E-state index contributed by atoms with van der Waals surface area (Å²) in [5, 5.41) is 12.1. The standard InChI is InChI=1S/C22H20FN5O/c23-18-6-2-4-16(10-18)12-25-22-26-20-7-8-28(14-19(20)21(29)27-22)13-17-5-1-3-15(9-17)11-24/h1-6,9-10H,7-8,12-14H2,(H2,25,26,27,29). The highest BCUT2D eigenvalue weighted by Crippen LogP contribution is 2.18. The van der Waals surface area contributed by atoms with Crippen LogP contribution in [-0.4, -0.2) is 21.4 Å². The van der Waals surface area contributed by atoms with Crippen molar-refractivity contribution in [2.24, 2.45) is 0 Å². The summed E-state index contributed by atoms with van der Waals surface area (Å²) in [7, 11) is 0. The van der Waals surface area contributed by atoms with Crippen molar-refractivity contribution in [1.82, 2.24) is 14.9 Å². The molecule has 1 aliphatic rings. The van der Waals surface area contributed by atoms with Crippen LogP contribution in [-0.2, 0) is 26.1 Å². The number of benzene rings is 2. The Morgan fingerprint density at radius 3 is 2.86 bits per heavy atom. The van der Waals surface area contributed by atoms with Crippen LogP contribution in [0.5, 0.6) is 0 Å². The number of hydrogen-bond donors (Lipinski definition) is 2. The van der Waals surface area contributed by atoms with E-state index < -0.39 is 0 Å². The summed E-state index contributed by atoms with van der Waals surface area (Å²) in [6, 6.07) is 16.0. The van der Waals surface area contributed by atoms with E-state index in [9.17, 15) is 9.18 Å². The highest BCUT2D eigenvalue weighted by atomic mass is 19.1. The van der Waals surface area contributed by atoms with E-state index in [-0.39, 0.29) is 11.4 Å². The number of nitrogens with one attached hydrogen (secondary N) is 2. The molecule has 2 heterocycles. The lowest BCUT2D eigenvalue weighted by atomic mass is 10.1. The molecule has 29 heavy (non-hydrogen) atoms. The highest BCUT2D eigenvalue weighted by Gasteiger charge is 2.21. The number of H-pyrrole nitrogens is 1. The average Bonchev–Trinajstić information content (AvgIpc) is 2.73. The number of nitrogens with zero attached hydrogens (tertiary/aromatic N) is 3. The Labute approximate surface area is 167 Å². The second-order valence-corrected chi connectivity index (χ2v) is 7.10. The molecule has 0 saturated carbocycles. The largest absolute Gasteiger partial charge is 0.352 e. The third-order valence-electron chi connectivity index (χ3n) is 4.96. The molecule has 0 bridgehead atoms. The first kappa shape index (κ1) is 18.8. The normalized spacial score (nSPS) is 13.5. The third kappa shape index (κ3) is 4.50. The number of rotatable bonds is 5. The van der Waals surface area contributed by atoms with Crippen molar-refractivity contribution >= 4 is 5.95 Å². The first-order chi connectivity index (χ1) is 14.1. The van der Waals surface area contributed by atoms with Crippen molar-refractivity contribution in [3.8, 4) is 6.07 Å². The van der Waals surface area contributed by atoms with Crippen LogP contribution in [0.1, 0.15) is 27.9 Å². The van der Waals surface area contributed by atoms with E-state index in [2.05, 4.69) is 26.3 Å². The molecule has 7 heteroatoms. The van der Waals surface area contributed by atoms with Gasteiger partial charge in [-0.15, -0.1) is 0 Å². The maximum Gasteiger partial charge on any atom is 0.257 e. The van der Waals surface area contributed by atoms with E-state index in [0.29, 0.717) is 43.1 Å². The molecule has 1 aromatic heterocycles. The van der Waals surface area contributed by atoms with Gasteiger partial charge < -0.3 is 5.32 Å². The Morgan fingerprint density at radius 2 is 2.03 bits per heavy atom. The topological polar surface area (TPSA) is 84.8 Å². The van der Waals surface area contributed by atoms with E-state index in [1.54, 1.807) is 12.1 Å². The smallest absolute Gasteiger partial charge is 0.257 e. The molecule has 146 valence electrons. The van der Waals surface area contributed by atoms with Gasteiger partial charge in [0, 0.05) is 32.6 Å². The zero-order valence-electron chi connectivity index (χ0n) is 15.8. The van der Waals surface area contributed by atoms with Gasteiger partial charge >= 0.3 is 0 Å². The summed E-state index contributed by atoms with van der Waals surface area (Å²) in [6.07, 6.45) is 0.672. The van der Waals surface area contributed by atoms with Crippen LogP contribution >= 0.6 is 0 Å². The van der Waals surface area contributed by atoms with Gasteiger partial charge in [0.25, 0.3) is 5.56 Å². The number of anilines is 1. The van der Waals surface area contributed by atoms with Crippen LogP contribution in [0, 0.1) is 17.1 Å². The van der Waals surface area contributed by atoms with Gasteiger partial charge in [-0.1, -0.05) is 24.3 Å². The second kappa shape index (κ2) is 8.25. The van der Waals surface area contributed by atoms with Crippen LogP contribution in [0.4, 0.5) is 10.3 Å². The summed E-state index contributed by atoms with van der Waals surface area (Å²) in [5.74, 6) is 0.102. The monoisotopic (exact) mass is 389 g/mol. The molecule has 0 spiro atoms. The summed E-state index contributed by atoms with van der Waals surface area (Å²) in [4.78, 5) is 22.1. The maximum atomic E-state index is 13.3. The van der Waals surface area contributed by atoms with E-state index in [1.807, 2.05) is 24.3 Å². The quantitative estimate of drug-likeness (QED) is 0.701. The predicted octanol–water partition coefficient (Wildman–Crippen LogP) is 2.95. The Morgan fingerprint density at radius 1 is 1.21 bits per heavy atom. The second-order valence-electron chi connectivity index (χ2n) is 7.10. The molecular formula is C22H20FN5O. The Bertz CT molecular complexity index is 1130. The molecule has 1 aliphatic heterocycles. The lowest BCUT2D eigenvalue weighted by Crippen LogP contribution is -2.35. The van der Waals surface area contributed by atoms with Gasteiger partial charge in [0.15, 0.2) is 0 Å². The molecule has 0 radical (unpaired) electrons. The van der Waals surface area contributed by atoms with Gasteiger partial charge in [-0.25, -0.2) is 9.37 Å². The number of aromatic amines is 1. The first-order valence-corrected chi connectivity index (χ1v) is 9.42. The van der Waals surface area contributed by atoms with E-state index in [4.69, 9.17) is 5.26 Å². The number of hydrogen-bond acceptors (Lipinski definition) is 5. The molecule has 6 nitrogen and oxygen atoms in total. The molecule has 0 fully saturated rings. The fourth-order valence-electron chi connectivity index (χ4n) is 3.53. The summed E-state index contributed by atoms with van der Waals surface area (Å²) in [6.45, 7) is 2.34. The lowest BCUT2D eigenvalue weighted by molar-refractivity contribution is 0.242. The Hall–Kier alpha value is -3.50. The molecule has 0 unspecified atom stereocenters. The number of fused-ring (bicyclic) bond motifs is 1. The van der Waals surface area contributed by atoms with Gasteiger partial charge in [-0.3, -0.25) is 14.7 Å². The minimum Gasteiger partial charge on any atom is -0.352 e. The molecule has 3 aromatic rings. The minimum absolute atomic E-state index is 0.160. The van der Waals surface area contributed by atoms with E-state index in [0.717, 1.165) is 23.4 Å². The van der Waals surface area contributed by atoms with Crippen molar-refractivity contribution in [3.05, 3.63) is 92.6 Å². The number of aromatic nitrogens is 2. The zero-order valence-corrected chi connectivity index (χ0v) is 15.8. The zero-order chi connectivity index (χ0) is 20.2. The van der Waals surface area contributed by atoms with Crippen LogP contribution in [0.25, 0.3) is 0 Å². The lowest BCUT2D eigenvalue weighted by Gasteiger charge is -2.27. The van der Waals surface area contributed by atoms with Crippen molar-refractivity contribution in [2.45, 2.75) is 26.1 Å². The Balaban J connectivity index is 1.45. The van der Waals surface area contributed by atoms with Crippen LogP contribution < -0.4 is 10.9 Å². The SMILES string of the molecule is N#Cc1cccc(CN2CCc3nc(NCc4cccc(F)c4)[nH]c(=O)c3C2)c1. The minimum atomic E-state index is -0.295. The summed E-state index contributed by atoms with van der Waals surface area (Å²) >= 11 is 0. The summed E-state index contributed by atoms with van der Waals surface area (Å²) in [5.41, 5.74) is 3.75. The van der Waals surface area contributed by atoms with Crippen LogP contribution in [0.15, 0.2) is 53.3 Å². The fraction of sp³-hybridized carbons (Fsp3) is 0.227. The van der Waals surface area contributed by atoms with Crippen LogP contribution in [0.3, 0.4) is 0 Å². The van der Waals surface area contributed by atoms with Gasteiger partial charge in [0.2, 0.25) is 5.95 Å². The van der Waals surface area contributed by atoms with Gasteiger partial charge in [0.05, 0.1) is 22.9 Å². The molecule has 4 rings (SSSR count). The molecule has 0 saturated heterocycles. The fourth-order valence-corrected chi connectivity index (χ4v) is 3.53. The molecule has 0 aliphatic carbocycles. The average molecular weight is 389 g/mol. The molecule has 0 amide bonds. The van der Waals surface area contributed by atoms with Gasteiger partial charge in [0.1, 0.15) is 5.82 Å². The van der Waals surface area contributed by atoms with Crippen molar-refractivity contribution in [2.75, 3.05) is 11.9 Å². The Kier molecular flexibility index (Phi) is 5.36. The van der Waals surface area contributed by atoms with Crippen LogP contribution in [0.2, 0.25) is 0 Å². The molecular weight excluding hydrogens is 369 g/mol.